The van der Waals surface area contributed by atoms with Gasteiger partial charge in [-0.25, -0.2) is 4.39 Å². The van der Waals surface area contributed by atoms with Crippen molar-refractivity contribution in [2.75, 3.05) is 33.1 Å². The third-order valence-corrected chi connectivity index (χ3v) is 3.75. The molecule has 0 atom stereocenters. The van der Waals surface area contributed by atoms with Gasteiger partial charge in [0.25, 0.3) is 0 Å². The van der Waals surface area contributed by atoms with Crippen LogP contribution in [-0.2, 0) is 16.0 Å². The Labute approximate surface area is 151 Å². The standard InChI is InChI=1S/C19H21FN2O4/c1-22(12-18(23)21-14-5-7-15(25-2)8-6-14)19(24)11-13-4-9-17(26-3)16(20)10-13/h4-10H,11-12H2,1-3H3,(H,21,23). The summed E-state index contributed by atoms with van der Waals surface area (Å²) in [7, 11) is 4.46. The molecule has 0 aliphatic rings. The lowest BCUT2D eigenvalue weighted by atomic mass is 10.1. The average molecular weight is 360 g/mol. The number of rotatable bonds is 7. The highest BCUT2D eigenvalue weighted by Gasteiger charge is 2.15. The van der Waals surface area contributed by atoms with Gasteiger partial charge < -0.3 is 19.7 Å². The number of benzene rings is 2. The predicted molar refractivity (Wildman–Crippen MR) is 95.9 cm³/mol. The number of hydrogen-bond acceptors (Lipinski definition) is 4. The fraction of sp³-hybridized carbons (Fsp3) is 0.263. The van der Waals surface area contributed by atoms with Gasteiger partial charge >= 0.3 is 0 Å². The van der Waals surface area contributed by atoms with Crippen LogP contribution in [0.25, 0.3) is 0 Å². The molecule has 1 N–H and O–H groups in total. The minimum atomic E-state index is -0.530. The van der Waals surface area contributed by atoms with Crippen molar-refractivity contribution >= 4 is 17.5 Å². The van der Waals surface area contributed by atoms with E-state index in [0.29, 0.717) is 17.0 Å². The van der Waals surface area contributed by atoms with Gasteiger partial charge in [-0.1, -0.05) is 6.07 Å². The molecule has 0 spiro atoms. The number of ether oxygens (including phenoxy) is 2. The molecule has 0 saturated heterocycles. The molecule has 138 valence electrons. The van der Waals surface area contributed by atoms with E-state index in [0.717, 1.165) is 0 Å². The average Bonchev–Trinajstić information content (AvgIpc) is 2.62. The molecule has 0 saturated carbocycles. The highest BCUT2D eigenvalue weighted by atomic mass is 19.1. The summed E-state index contributed by atoms with van der Waals surface area (Å²) in [4.78, 5) is 25.6. The van der Waals surface area contributed by atoms with Crippen LogP contribution in [0, 0.1) is 5.82 Å². The Kier molecular flexibility index (Phi) is 6.54. The number of amides is 2. The normalized spacial score (nSPS) is 10.2. The molecule has 2 aromatic carbocycles. The first-order chi connectivity index (χ1) is 12.4. The second-order valence-corrected chi connectivity index (χ2v) is 5.67. The van der Waals surface area contributed by atoms with Crippen molar-refractivity contribution < 1.29 is 23.5 Å². The maximum atomic E-state index is 13.7. The fourth-order valence-corrected chi connectivity index (χ4v) is 2.31. The zero-order valence-electron chi connectivity index (χ0n) is 14.9. The minimum absolute atomic E-state index is 0.00672. The SMILES string of the molecule is COc1ccc(NC(=O)CN(C)C(=O)Cc2ccc(OC)c(F)c2)cc1. The van der Waals surface area contributed by atoms with Gasteiger partial charge in [0.15, 0.2) is 11.6 Å². The second-order valence-electron chi connectivity index (χ2n) is 5.67. The van der Waals surface area contributed by atoms with Gasteiger partial charge in [-0.05, 0) is 42.0 Å². The summed E-state index contributed by atoms with van der Waals surface area (Å²) in [5, 5.41) is 2.70. The molecule has 0 bridgehead atoms. The van der Waals surface area contributed by atoms with Crippen molar-refractivity contribution in [3.05, 3.63) is 53.8 Å². The number of nitrogens with one attached hydrogen (secondary N) is 1. The van der Waals surface area contributed by atoms with E-state index in [-0.39, 0.29) is 30.5 Å². The van der Waals surface area contributed by atoms with E-state index in [2.05, 4.69) is 5.32 Å². The third kappa shape index (κ3) is 5.20. The molecule has 0 aliphatic carbocycles. The Balaban J connectivity index is 1.89. The summed E-state index contributed by atoms with van der Waals surface area (Å²) in [6.45, 7) is -0.108. The number of halogens is 1. The van der Waals surface area contributed by atoms with Crippen LogP contribution >= 0.6 is 0 Å². The summed E-state index contributed by atoms with van der Waals surface area (Å²) in [5.41, 5.74) is 1.12. The summed E-state index contributed by atoms with van der Waals surface area (Å²) < 4.78 is 23.6. The lowest BCUT2D eigenvalue weighted by Crippen LogP contribution is -2.35. The molecule has 0 heterocycles. The fourth-order valence-electron chi connectivity index (χ4n) is 2.31. The molecule has 0 radical (unpaired) electrons. The number of likely N-dealkylation sites (N-methyl/N-ethyl adjacent to an activating group) is 1. The van der Waals surface area contributed by atoms with Crippen LogP contribution in [0.1, 0.15) is 5.56 Å². The summed E-state index contributed by atoms with van der Waals surface area (Å²) in [6, 6.07) is 11.2. The minimum Gasteiger partial charge on any atom is -0.497 e. The Hall–Kier alpha value is -3.09. The lowest BCUT2D eigenvalue weighted by Gasteiger charge is -2.17. The summed E-state index contributed by atoms with van der Waals surface area (Å²) in [6.07, 6.45) is -0.00672. The second kappa shape index (κ2) is 8.84. The van der Waals surface area contributed by atoms with Crippen LogP contribution in [0.4, 0.5) is 10.1 Å². The van der Waals surface area contributed by atoms with Crippen LogP contribution < -0.4 is 14.8 Å². The molecule has 0 aromatic heterocycles. The molecular weight excluding hydrogens is 339 g/mol. The molecule has 2 rings (SSSR count). The van der Waals surface area contributed by atoms with E-state index in [9.17, 15) is 14.0 Å². The summed E-state index contributed by atoms with van der Waals surface area (Å²) >= 11 is 0. The van der Waals surface area contributed by atoms with E-state index < -0.39 is 5.82 Å². The lowest BCUT2D eigenvalue weighted by molar-refractivity contribution is -0.132. The van der Waals surface area contributed by atoms with Gasteiger partial charge in [-0.15, -0.1) is 0 Å². The molecule has 26 heavy (non-hydrogen) atoms. The van der Waals surface area contributed by atoms with Crippen molar-refractivity contribution in [3.8, 4) is 11.5 Å². The van der Waals surface area contributed by atoms with E-state index >= 15 is 0 Å². The maximum Gasteiger partial charge on any atom is 0.243 e. The summed E-state index contributed by atoms with van der Waals surface area (Å²) in [5.74, 6) is -0.348. The third-order valence-electron chi connectivity index (χ3n) is 3.75. The number of hydrogen-bond donors (Lipinski definition) is 1. The Morgan fingerprint density at radius 1 is 1.08 bits per heavy atom. The Bertz CT molecular complexity index is 778. The highest BCUT2D eigenvalue weighted by molar-refractivity contribution is 5.94. The van der Waals surface area contributed by atoms with Gasteiger partial charge in [0.1, 0.15) is 5.75 Å². The molecule has 0 unspecified atom stereocenters. The monoisotopic (exact) mass is 360 g/mol. The van der Waals surface area contributed by atoms with E-state index in [1.807, 2.05) is 0 Å². The maximum absolute atomic E-state index is 13.7. The topological polar surface area (TPSA) is 67.9 Å². The van der Waals surface area contributed by atoms with Crippen LogP contribution in [-0.4, -0.2) is 44.5 Å². The number of anilines is 1. The zero-order valence-corrected chi connectivity index (χ0v) is 14.9. The zero-order chi connectivity index (χ0) is 19.1. The van der Waals surface area contributed by atoms with Crippen LogP contribution in [0.15, 0.2) is 42.5 Å². The van der Waals surface area contributed by atoms with Crippen LogP contribution in [0.3, 0.4) is 0 Å². The number of nitrogens with zero attached hydrogens (tertiary/aromatic N) is 1. The first-order valence-corrected chi connectivity index (χ1v) is 7.93. The Morgan fingerprint density at radius 3 is 2.35 bits per heavy atom. The molecule has 0 aliphatic heterocycles. The molecule has 2 aromatic rings. The molecule has 6 nitrogen and oxygen atoms in total. The Morgan fingerprint density at radius 2 is 1.77 bits per heavy atom. The van der Waals surface area contributed by atoms with E-state index in [1.165, 1.54) is 31.2 Å². The van der Waals surface area contributed by atoms with Crippen molar-refractivity contribution in [3.63, 3.8) is 0 Å². The molecule has 7 heteroatoms. The van der Waals surface area contributed by atoms with Crippen LogP contribution in [0.5, 0.6) is 11.5 Å². The molecule has 0 fully saturated rings. The highest BCUT2D eigenvalue weighted by Crippen LogP contribution is 2.18. The van der Waals surface area contributed by atoms with Crippen molar-refractivity contribution in [1.82, 2.24) is 4.90 Å². The number of methoxy groups -OCH3 is 2. The van der Waals surface area contributed by atoms with Crippen LogP contribution in [0.2, 0.25) is 0 Å². The first-order valence-electron chi connectivity index (χ1n) is 7.93. The van der Waals surface area contributed by atoms with Gasteiger partial charge in [0.2, 0.25) is 11.8 Å². The smallest absolute Gasteiger partial charge is 0.243 e. The molecular formula is C19H21FN2O4. The van der Waals surface area contributed by atoms with Gasteiger partial charge in [0, 0.05) is 12.7 Å². The van der Waals surface area contributed by atoms with Crippen molar-refractivity contribution in [1.29, 1.82) is 0 Å². The van der Waals surface area contributed by atoms with Gasteiger partial charge in [-0.3, -0.25) is 9.59 Å². The van der Waals surface area contributed by atoms with E-state index in [4.69, 9.17) is 9.47 Å². The van der Waals surface area contributed by atoms with Gasteiger partial charge in [0.05, 0.1) is 27.2 Å². The van der Waals surface area contributed by atoms with E-state index in [1.54, 1.807) is 37.4 Å². The van der Waals surface area contributed by atoms with Crippen molar-refractivity contribution in [2.45, 2.75) is 6.42 Å². The first kappa shape index (κ1) is 19.2. The quantitative estimate of drug-likeness (QED) is 0.824. The van der Waals surface area contributed by atoms with Crippen molar-refractivity contribution in [2.24, 2.45) is 0 Å². The predicted octanol–water partition coefficient (Wildman–Crippen LogP) is 2.48. The molecule has 2 amide bonds. The van der Waals surface area contributed by atoms with Gasteiger partial charge in [-0.2, -0.15) is 0 Å². The number of carbonyl (C=O) groups is 2. The number of carbonyl (C=O) groups excluding carboxylic acids is 2. The largest absolute Gasteiger partial charge is 0.497 e.